The number of imidazole rings is 1. The summed E-state index contributed by atoms with van der Waals surface area (Å²) in [5, 5.41) is 9.58. The summed E-state index contributed by atoms with van der Waals surface area (Å²) in [6.45, 7) is 1.39. The van der Waals surface area contributed by atoms with Crippen molar-refractivity contribution in [2.24, 2.45) is 0 Å². The van der Waals surface area contributed by atoms with Gasteiger partial charge in [0.05, 0.1) is 16.6 Å². The Morgan fingerprint density at radius 2 is 1.76 bits per heavy atom. The van der Waals surface area contributed by atoms with E-state index in [4.69, 9.17) is 11.6 Å². The Hall–Kier alpha value is -3.92. The van der Waals surface area contributed by atoms with Gasteiger partial charge in [0, 0.05) is 37.0 Å². The molecule has 8 nitrogen and oxygen atoms in total. The lowest BCUT2D eigenvalue weighted by Gasteiger charge is -2.47. The Morgan fingerprint density at radius 1 is 1.03 bits per heavy atom. The minimum absolute atomic E-state index is 0.0245. The Balaban J connectivity index is 1.82. The highest BCUT2D eigenvalue weighted by Gasteiger charge is 2.45. The van der Waals surface area contributed by atoms with Crippen LogP contribution in [-0.2, 0) is 10.5 Å². The summed E-state index contributed by atoms with van der Waals surface area (Å²) in [5.41, 5.74) is -0.0475. The van der Waals surface area contributed by atoms with Gasteiger partial charge in [-0.05, 0) is 49.9 Å². The van der Waals surface area contributed by atoms with Crippen LogP contribution in [0.15, 0.2) is 48.8 Å². The van der Waals surface area contributed by atoms with E-state index >= 15 is 0 Å². The van der Waals surface area contributed by atoms with Gasteiger partial charge in [-0.1, -0.05) is 18.0 Å². The van der Waals surface area contributed by atoms with Gasteiger partial charge in [0.15, 0.2) is 11.6 Å². The molecule has 37 heavy (non-hydrogen) atoms. The molecule has 1 saturated carbocycles. The number of hydrogen-bond donors (Lipinski definition) is 1. The first-order valence-corrected chi connectivity index (χ1v) is 12.1. The number of nitrogens with zero attached hydrogens (tertiary/aromatic N) is 5. The van der Waals surface area contributed by atoms with Crippen LogP contribution < -0.4 is 4.90 Å². The van der Waals surface area contributed by atoms with E-state index < -0.39 is 23.3 Å². The van der Waals surface area contributed by atoms with Gasteiger partial charge in [0.1, 0.15) is 22.5 Å². The number of aromatic carboxylic acids is 1. The van der Waals surface area contributed by atoms with Gasteiger partial charge in [-0.3, -0.25) is 14.3 Å². The molecule has 0 spiro atoms. The van der Waals surface area contributed by atoms with Crippen molar-refractivity contribution in [1.29, 1.82) is 0 Å². The topological polar surface area (TPSA) is 101 Å². The molecule has 0 aliphatic heterocycles. The maximum Gasteiger partial charge on any atom is 0.337 e. The van der Waals surface area contributed by atoms with Crippen LogP contribution in [0.25, 0.3) is 22.4 Å². The molecule has 0 saturated heterocycles. The monoisotopic (exact) mass is 525 g/mol. The lowest BCUT2D eigenvalue weighted by atomic mass is 9.86. The van der Waals surface area contributed by atoms with Gasteiger partial charge >= 0.3 is 5.97 Å². The number of aromatic nitrogens is 4. The fraction of sp³-hybridized carbons (Fsp3) is 0.269. The molecule has 1 fully saturated rings. The van der Waals surface area contributed by atoms with E-state index in [1.165, 1.54) is 36.4 Å². The van der Waals surface area contributed by atoms with Crippen molar-refractivity contribution in [3.63, 3.8) is 0 Å². The number of fused-ring (bicyclic) bond motifs is 1. The number of amides is 1. The molecule has 5 rings (SSSR count). The molecule has 1 aliphatic rings. The summed E-state index contributed by atoms with van der Waals surface area (Å²) < 4.78 is 30.6. The van der Waals surface area contributed by atoms with Gasteiger partial charge in [0.2, 0.25) is 5.91 Å². The Kier molecular flexibility index (Phi) is 6.36. The van der Waals surface area contributed by atoms with Crippen LogP contribution in [0.3, 0.4) is 0 Å². The Labute approximate surface area is 215 Å². The molecule has 3 aromatic heterocycles. The van der Waals surface area contributed by atoms with Crippen LogP contribution in [0, 0.1) is 11.6 Å². The summed E-state index contributed by atoms with van der Waals surface area (Å²) in [6, 6.07) is 8.26. The van der Waals surface area contributed by atoms with E-state index in [2.05, 4.69) is 15.0 Å². The molecule has 3 heterocycles. The molecular weight excluding hydrogens is 504 g/mol. The highest BCUT2D eigenvalue weighted by Crippen LogP contribution is 2.45. The van der Waals surface area contributed by atoms with E-state index in [1.54, 1.807) is 16.7 Å². The number of halogens is 3. The van der Waals surface area contributed by atoms with E-state index in [0.717, 1.165) is 31.4 Å². The van der Waals surface area contributed by atoms with Crippen LogP contribution >= 0.6 is 11.6 Å². The number of rotatable bonds is 5. The summed E-state index contributed by atoms with van der Waals surface area (Å²) >= 11 is 6.00. The summed E-state index contributed by atoms with van der Waals surface area (Å²) in [6.07, 6.45) is 6.08. The third-order valence-electron chi connectivity index (χ3n) is 6.71. The lowest BCUT2D eigenvalue weighted by Crippen LogP contribution is -2.55. The van der Waals surface area contributed by atoms with Crippen molar-refractivity contribution < 1.29 is 23.5 Å². The van der Waals surface area contributed by atoms with E-state index in [0.29, 0.717) is 29.7 Å². The predicted molar refractivity (Wildman–Crippen MR) is 133 cm³/mol. The van der Waals surface area contributed by atoms with Crippen LogP contribution in [-0.4, -0.2) is 36.5 Å². The predicted octanol–water partition coefficient (Wildman–Crippen LogP) is 5.79. The number of anilines is 1. The Morgan fingerprint density at radius 3 is 2.35 bits per heavy atom. The van der Waals surface area contributed by atoms with Crippen molar-refractivity contribution in [1.82, 2.24) is 19.5 Å². The molecule has 0 atom stereocenters. The minimum atomic E-state index is -1.14. The summed E-state index contributed by atoms with van der Waals surface area (Å²) in [7, 11) is 0. The van der Waals surface area contributed by atoms with Gasteiger partial charge in [-0.25, -0.2) is 28.5 Å². The SMILES string of the molecule is CC(=O)N(c1ccc(C(=O)O)cn1)C1(n2c(-c3ccc(Cl)nc3)nc3cc(F)c(F)cc32)CCCCC1. The fourth-order valence-electron chi connectivity index (χ4n) is 5.17. The molecule has 190 valence electrons. The number of carboxylic acids is 1. The highest BCUT2D eigenvalue weighted by atomic mass is 35.5. The maximum absolute atomic E-state index is 14.6. The summed E-state index contributed by atoms with van der Waals surface area (Å²) in [4.78, 5) is 39.3. The van der Waals surface area contributed by atoms with Crippen molar-refractivity contribution in [3.8, 4) is 11.4 Å². The van der Waals surface area contributed by atoms with Crippen molar-refractivity contribution in [3.05, 3.63) is 71.1 Å². The van der Waals surface area contributed by atoms with E-state index in [1.807, 2.05) is 0 Å². The smallest absolute Gasteiger partial charge is 0.337 e. The second-order valence-electron chi connectivity index (χ2n) is 9.00. The molecule has 1 N–H and O–H groups in total. The standard InChI is InChI=1S/C26H22ClF2N5O3/c1-15(35)33(23-8-6-17(14-31-23)25(36)37)26(9-3-2-4-10-26)34-21-12-19(29)18(28)11-20(21)32-24(34)16-5-7-22(27)30-13-16/h5-8,11-14H,2-4,9-10H2,1H3,(H,36,37). The Bertz CT molecular complexity index is 1500. The van der Waals surface area contributed by atoms with Gasteiger partial charge in [-0.15, -0.1) is 0 Å². The molecule has 4 aromatic rings. The number of hydrogen-bond acceptors (Lipinski definition) is 5. The zero-order valence-corrected chi connectivity index (χ0v) is 20.5. The molecular formula is C26H22ClF2N5O3. The first kappa shape index (κ1) is 24.8. The fourth-order valence-corrected chi connectivity index (χ4v) is 5.29. The van der Waals surface area contributed by atoms with Crippen LogP contribution in [0.1, 0.15) is 49.4 Å². The maximum atomic E-state index is 14.6. The third kappa shape index (κ3) is 4.31. The highest BCUT2D eigenvalue weighted by molar-refractivity contribution is 6.29. The minimum Gasteiger partial charge on any atom is -0.478 e. The summed E-state index contributed by atoms with van der Waals surface area (Å²) in [5.74, 6) is -2.97. The van der Waals surface area contributed by atoms with Crippen LogP contribution in [0.5, 0.6) is 0 Å². The van der Waals surface area contributed by atoms with E-state index in [9.17, 15) is 23.5 Å². The zero-order valence-electron chi connectivity index (χ0n) is 19.8. The number of pyridine rings is 2. The molecule has 11 heteroatoms. The molecule has 0 bridgehead atoms. The number of carbonyl (C=O) groups is 2. The van der Waals surface area contributed by atoms with Crippen molar-refractivity contribution in [2.75, 3.05) is 4.90 Å². The lowest BCUT2D eigenvalue weighted by molar-refractivity contribution is -0.119. The molecule has 1 amide bonds. The second-order valence-corrected chi connectivity index (χ2v) is 9.39. The largest absolute Gasteiger partial charge is 0.478 e. The second kappa shape index (κ2) is 9.51. The molecule has 1 aromatic carbocycles. The normalized spacial score (nSPS) is 15.0. The first-order valence-electron chi connectivity index (χ1n) is 11.7. The quantitative estimate of drug-likeness (QED) is 0.331. The molecule has 0 unspecified atom stereocenters. The van der Waals surface area contributed by atoms with E-state index in [-0.39, 0.29) is 28.0 Å². The number of benzene rings is 1. The van der Waals surface area contributed by atoms with Gasteiger partial charge in [-0.2, -0.15) is 0 Å². The molecule has 1 aliphatic carbocycles. The average Bonchev–Trinajstić information content (AvgIpc) is 3.24. The third-order valence-corrected chi connectivity index (χ3v) is 6.93. The first-order chi connectivity index (χ1) is 17.7. The number of carbonyl (C=O) groups excluding carboxylic acids is 1. The van der Waals surface area contributed by atoms with Crippen molar-refractivity contribution >= 4 is 40.3 Å². The average molecular weight is 526 g/mol. The number of carboxylic acid groups (broad SMARTS) is 1. The molecule has 0 radical (unpaired) electrons. The van der Waals surface area contributed by atoms with Crippen LogP contribution in [0.4, 0.5) is 14.6 Å². The van der Waals surface area contributed by atoms with Gasteiger partial charge < -0.3 is 5.11 Å². The van der Waals surface area contributed by atoms with Gasteiger partial charge in [0.25, 0.3) is 0 Å². The zero-order chi connectivity index (χ0) is 26.3. The van der Waals surface area contributed by atoms with Crippen molar-refractivity contribution in [2.45, 2.75) is 44.7 Å². The van der Waals surface area contributed by atoms with Crippen LogP contribution in [0.2, 0.25) is 5.15 Å².